The molecule has 5 aromatic rings. The molecule has 0 unspecified atom stereocenters. The molecule has 0 saturated heterocycles. The molecule has 3 nitrogen and oxygen atoms in total. The summed E-state index contributed by atoms with van der Waals surface area (Å²) in [6.45, 7) is 8.68. The predicted octanol–water partition coefficient (Wildman–Crippen LogP) is 8.01. The minimum atomic E-state index is -4.48. The van der Waals surface area contributed by atoms with Crippen LogP contribution in [0.4, 0.5) is 26.3 Å². The molecule has 4 aromatic carbocycles. The Morgan fingerprint density at radius 3 is 1.20 bits per heavy atom. The summed E-state index contributed by atoms with van der Waals surface area (Å²) in [5.41, 5.74) is 0.103. The minimum Gasteiger partial charge on any atom is -0.449 e. The number of aromatic nitrogens is 2. The zero-order valence-electron chi connectivity index (χ0n) is 22.5. The fraction of sp³-hybridized carbons (Fsp3) is 0.200. The Bertz CT molecular complexity index is 1700. The van der Waals surface area contributed by atoms with Crippen molar-refractivity contribution in [3.8, 4) is 22.5 Å². The van der Waals surface area contributed by atoms with Gasteiger partial charge in [0.15, 0.2) is 0 Å². The van der Waals surface area contributed by atoms with E-state index in [1.165, 1.54) is 34.6 Å². The Labute approximate surface area is 234 Å². The van der Waals surface area contributed by atoms with Gasteiger partial charge in [0.2, 0.25) is 16.6 Å². The van der Waals surface area contributed by atoms with E-state index >= 15 is 0 Å². The zero-order chi connectivity index (χ0) is 29.5. The zero-order valence-corrected chi connectivity index (χ0v) is 24.5. The molecule has 0 amide bonds. The molecule has 0 saturated carbocycles. The van der Waals surface area contributed by atoms with Crippen LogP contribution in [-0.4, -0.2) is 26.8 Å². The van der Waals surface area contributed by atoms with Gasteiger partial charge in [-0.05, 0) is 83.7 Å². The first-order valence-corrected chi connectivity index (χ1v) is 18.7. The van der Waals surface area contributed by atoms with E-state index in [-0.39, 0.29) is 0 Å². The van der Waals surface area contributed by atoms with Crippen LogP contribution in [0, 0.1) is 0 Å². The molecule has 0 spiro atoms. The van der Waals surface area contributed by atoms with Gasteiger partial charge in [-0.25, -0.2) is 0 Å². The molecular formula is C30H24F6N2OSi2. The topological polar surface area (TPSA) is 35.0 Å². The van der Waals surface area contributed by atoms with Crippen LogP contribution < -0.4 is 10.4 Å². The summed E-state index contributed by atoms with van der Waals surface area (Å²) in [5.74, 6) is 0. The highest BCUT2D eigenvalue weighted by Crippen LogP contribution is 2.38. The van der Waals surface area contributed by atoms with E-state index in [4.69, 9.17) is 4.12 Å². The normalized spacial score (nSPS) is 16.3. The van der Waals surface area contributed by atoms with Crippen LogP contribution in [0.5, 0.6) is 0 Å². The lowest BCUT2D eigenvalue weighted by Crippen LogP contribution is -2.43. The second-order valence-electron chi connectivity index (χ2n) is 11.3. The van der Waals surface area contributed by atoms with Crippen LogP contribution in [0.25, 0.3) is 44.1 Å². The summed E-state index contributed by atoms with van der Waals surface area (Å²) < 4.78 is 85.9. The van der Waals surface area contributed by atoms with Crippen LogP contribution in [0.2, 0.25) is 26.2 Å². The molecule has 11 heteroatoms. The van der Waals surface area contributed by atoms with Crippen molar-refractivity contribution in [1.29, 1.82) is 0 Å². The van der Waals surface area contributed by atoms with Gasteiger partial charge >= 0.3 is 12.4 Å². The van der Waals surface area contributed by atoms with Crippen molar-refractivity contribution >= 4 is 48.6 Å². The maximum atomic E-state index is 13.2. The molecule has 6 rings (SSSR count). The van der Waals surface area contributed by atoms with Gasteiger partial charge in [0.05, 0.1) is 11.1 Å². The van der Waals surface area contributed by atoms with Crippen LogP contribution in [0.1, 0.15) is 11.1 Å². The number of nitrogens with zero attached hydrogens (tertiary/aromatic N) is 2. The molecule has 1 aliphatic heterocycles. The van der Waals surface area contributed by atoms with E-state index in [0.29, 0.717) is 33.3 Å². The molecule has 0 atom stereocenters. The first kappa shape index (κ1) is 27.6. The van der Waals surface area contributed by atoms with E-state index in [1.807, 2.05) is 12.1 Å². The van der Waals surface area contributed by atoms with Crippen LogP contribution >= 0.6 is 0 Å². The number of fused-ring (bicyclic) bond motifs is 3. The van der Waals surface area contributed by atoms with Gasteiger partial charge in [-0.2, -0.15) is 26.3 Å². The number of halogens is 6. The number of alkyl halides is 6. The first-order chi connectivity index (χ1) is 19.0. The molecule has 0 fully saturated rings. The van der Waals surface area contributed by atoms with Gasteiger partial charge in [0.25, 0.3) is 0 Å². The molecule has 0 N–H and O–H groups in total. The van der Waals surface area contributed by atoms with E-state index < -0.39 is 40.1 Å². The highest BCUT2D eigenvalue weighted by Gasteiger charge is 2.46. The smallest absolute Gasteiger partial charge is 0.416 e. The molecular weight excluding hydrogens is 575 g/mol. The standard InChI is InChI=1S/C30H24F6N2OSi2/c1-40(2)25-15-19-13-23-24(14-20(19)16-26(25)41(3,4)39-40)28(18-7-11-22(12-8-18)30(34,35)36)38-37-27(23)17-5-9-21(10-6-17)29(31,32)33/h5-16H,1-4H3. The lowest BCUT2D eigenvalue weighted by molar-refractivity contribution is -0.138. The average molecular weight is 599 g/mol. The maximum absolute atomic E-state index is 13.2. The number of hydrogen-bond acceptors (Lipinski definition) is 3. The van der Waals surface area contributed by atoms with Crippen molar-refractivity contribution < 1.29 is 30.5 Å². The lowest BCUT2D eigenvalue weighted by Gasteiger charge is -2.22. The second kappa shape index (κ2) is 8.97. The molecule has 41 heavy (non-hydrogen) atoms. The van der Waals surface area contributed by atoms with Crippen molar-refractivity contribution in [3.05, 3.63) is 83.9 Å². The first-order valence-electron chi connectivity index (χ1n) is 12.9. The summed E-state index contributed by atoms with van der Waals surface area (Å²) in [4.78, 5) is 0. The Morgan fingerprint density at radius 2 is 0.878 bits per heavy atom. The summed E-state index contributed by atoms with van der Waals surface area (Å²) in [6.07, 6.45) is -8.96. The summed E-state index contributed by atoms with van der Waals surface area (Å²) in [5, 5.41) is 14.3. The SMILES string of the molecule is C[Si]1(C)O[Si](C)(C)c2cc3cc4c(-c5ccc(C(F)(F)F)cc5)nnc(-c5ccc(C(F)(F)F)cc5)c4cc3cc21. The Morgan fingerprint density at radius 1 is 0.537 bits per heavy atom. The largest absolute Gasteiger partial charge is 0.449 e. The van der Waals surface area contributed by atoms with Gasteiger partial charge in [0, 0.05) is 21.9 Å². The van der Waals surface area contributed by atoms with Gasteiger partial charge < -0.3 is 4.12 Å². The van der Waals surface area contributed by atoms with Gasteiger partial charge in [-0.15, -0.1) is 10.2 Å². The molecule has 1 aromatic heterocycles. The van der Waals surface area contributed by atoms with Crippen molar-refractivity contribution in [3.63, 3.8) is 0 Å². The minimum absolute atomic E-state index is 0.384. The third kappa shape index (κ3) is 4.75. The van der Waals surface area contributed by atoms with Crippen molar-refractivity contribution in [1.82, 2.24) is 10.2 Å². The van der Waals surface area contributed by atoms with Crippen LogP contribution in [-0.2, 0) is 16.5 Å². The quantitative estimate of drug-likeness (QED) is 0.117. The van der Waals surface area contributed by atoms with Gasteiger partial charge in [-0.3, -0.25) is 0 Å². The van der Waals surface area contributed by atoms with Crippen molar-refractivity contribution in [2.75, 3.05) is 0 Å². The maximum Gasteiger partial charge on any atom is 0.416 e. The van der Waals surface area contributed by atoms with E-state index in [2.05, 4.69) is 48.5 Å². The fourth-order valence-corrected chi connectivity index (χ4v) is 16.0. The predicted molar refractivity (Wildman–Crippen MR) is 153 cm³/mol. The van der Waals surface area contributed by atoms with E-state index in [1.54, 1.807) is 0 Å². The Kier molecular flexibility index (Phi) is 6.04. The molecule has 0 aliphatic carbocycles. The molecule has 0 radical (unpaired) electrons. The van der Waals surface area contributed by atoms with E-state index in [0.717, 1.165) is 35.0 Å². The molecule has 1 aliphatic rings. The van der Waals surface area contributed by atoms with Gasteiger partial charge in [0.1, 0.15) is 11.4 Å². The van der Waals surface area contributed by atoms with Crippen molar-refractivity contribution in [2.24, 2.45) is 0 Å². The number of benzene rings is 4. The summed E-state index contributed by atoms with van der Waals surface area (Å²) in [7, 11) is -4.26. The second-order valence-corrected chi connectivity index (χ2v) is 19.2. The average Bonchev–Trinajstić information content (AvgIpc) is 3.07. The van der Waals surface area contributed by atoms with Crippen LogP contribution in [0.15, 0.2) is 72.8 Å². The molecule has 210 valence electrons. The number of rotatable bonds is 2. The van der Waals surface area contributed by atoms with Gasteiger partial charge in [-0.1, -0.05) is 36.4 Å². The van der Waals surface area contributed by atoms with Crippen molar-refractivity contribution in [2.45, 2.75) is 38.5 Å². The number of hydrogen-bond donors (Lipinski definition) is 0. The van der Waals surface area contributed by atoms with Crippen LogP contribution in [0.3, 0.4) is 0 Å². The highest BCUT2D eigenvalue weighted by molar-refractivity contribution is 7.06. The third-order valence-electron chi connectivity index (χ3n) is 7.65. The van der Waals surface area contributed by atoms with E-state index in [9.17, 15) is 26.3 Å². The molecule has 0 bridgehead atoms. The molecule has 2 heterocycles. The highest BCUT2D eigenvalue weighted by atomic mass is 28.4. The monoisotopic (exact) mass is 598 g/mol. The summed E-state index contributed by atoms with van der Waals surface area (Å²) in [6, 6.07) is 17.6. The lowest BCUT2D eigenvalue weighted by atomic mass is 9.96. The Balaban J connectivity index is 1.62. The Hall–Kier alpha value is -3.55. The third-order valence-corrected chi connectivity index (χ3v) is 15.4. The fourth-order valence-electron chi connectivity index (χ4n) is 5.75. The summed E-state index contributed by atoms with van der Waals surface area (Å²) >= 11 is 0.